The third-order valence-electron chi connectivity index (χ3n) is 7.56. The Kier molecular flexibility index (Phi) is 6.58. The zero-order valence-corrected chi connectivity index (χ0v) is 16.3. The lowest BCUT2D eigenvalue weighted by Gasteiger charge is -2.43. The van der Waals surface area contributed by atoms with Crippen molar-refractivity contribution in [2.45, 2.75) is 83.3 Å². The second-order valence-electron chi connectivity index (χ2n) is 8.83. The van der Waals surface area contributed by atoms with Crippen LogP contribution in [0, 0.1) is 35.5 Å². The van der Waals surface area contributed by atoms with Gasteiger partial charge in [0.1, 0.15) is 0 Å². The molecule has 2 aliphatic carbocycles. The van der Waals surface area contributed by atoms with Gasteiger partial charge in [-0.15, -0.1) is 6.58 Å². The van der Waals surface area contributed by atoms with Crippen molar-refractivity contribution in [1.29, 1.82) is 0 Å². The molecule has 0 bridgehead atoms. The van der Waals surface area contributed by atoms with E-state index in [1.807, 2.05) is 0 Å². The Hall–Kier alpha value is 0.0900. The molecule has 0 nitrogen and oxygen atoms in total. The Morgan fingerprint density at radius 1 is 1.00 bits per heavy atom. The molecule has 132 valence electrons. The molecule has 5 atom stereocenters. The molecule has 0 aromatic rings. The van der Waals surface area contributed by atoms with E-state index in [0.29, 0.717) is 0 Å². The van der Waals surface area contributed by atoms with Crippen LogP contribution in [0.5, 0.6) is 0 Å². The molecular formula is C22H38S. The monoisotopic (exact) mass is 334 g/mol. The van der Waals surface area contributed by atoms with Gasteiger partial charge in [0.2, 0.25) is 0 Å². The first-order valence-electron chi connectivity index (χ1n) is 10.4. The molecule has 0 aromatic heterocycles. The van der Waals surface area contributed by atoms with Crippen LogP contribution in [-0.2, 0) is 0 Å². The van der Waals surface area contributed by atoms with E-state index in [-0.39, 0.29) is 0 Å². The summed E-state index contributed by atoms with van der Waals surface area (Å²) in [5.74, 6) is 7.42. The Morgan fingerprint density at radius 3 is 2.30 bits per heavy atom. The van der Waals surface area contributed by atoms with E-state index in [9.17, 15) is 0 Å². The fraction of sp³-hybridized carbons (Fsp3) is 0.909. The number of rotatable bonds is 7. The minimum absolute atomic E-state index is 0.867. The van der Waals surface area contributed by atoms with Crippen molar-refractivity contribution in [2.75, 3.05) is 5.75 Å². The predicted molar refractivity (Wildman–Crippen MR) is 105 cm³/mol. The maximum absolute atomic E-state index is 3.92. The van der Waals surface area contributed by atoms with Crippen molar-refractivity contribution in [3.63, 3.8) is 0 Å². The van der Waals surface area contributed by atoms with Crippen LogP contribution in [0.1, 0.15) is 78.1 Å². The van der Waals surface area contributed by atoms with E-state index in [0.717, 1.165) is 40.8 Å². The molecule has 3 aliphatic rings. The van der Waals surface area contributed by atoms with Crippen molar-refractivity contribution in [1.82, 2.24) is 0 Å². The van der Waals surface area contributed by atoms with Gasteiger partial charge >= 0.3 is 0 Å². The molecule has 1 heterocycles. The molecule has 0 spiro atoms. The fourth-order valence-electron chi connectivity index (χ4n) is 5.61. The molecular weight excluding hydrogens is 296 g/mol. The molecule has 5 unspecified atom stereocenters. The highest BCUT2D eigenvalue weighted by molar-refractivity contribution is 8.00. The summed E-state index contributed by atoms with van der Waals surface area (Å²) in [7, 11) is 0. The van der Waals surface area contributed by atoms with E-state index in [1.54, 1.807) is 12.8 Å². The van der Waals surface area contributed by atoms with Crippen molar-refractivity contribution in [3.05, 3.63) is 12.7 Å². The number of allylic oxidation sites excluding steroid dienone is 1. The summed E-state index contributed by atoms with van der Waals surface area (Å²) in [4.78, 5) is 0. The number of hydrogen-bond acceptors (Lipinski definition) is 1. The minimum atomic E-state index is 0.867. The number of thioether (sulfide) groups is 1. The minimum Gasteiger partial charge on any atom is -0.158 e. The quantitative estimate of drug-likeness (QED) is 0.454. The zero-order valence-electron chi connectivity index (χ0n) is 15.5. The highest BCUT2D eigenvalue weighted by atomic mass is 32.2. The highest BCUT2D eigenvalue weighted by Gasteiger charge is 2.48. The van der Waals surface area contributed by atoms with Crippen LogP contribution in [0.4, 0.5) is 0 Å². The van der Waals surface area contributed by atoms with Gasteiger partial charge in [-0.3, -0.25) is 0 Å². The van der Waals surface area contributed by atoms with E-state index in [4.69, 9.17) is 0 Å². The van der Waals surface area contributed by atoms with Gasteiger partial charge in [0.25, 0.3) is 0 Å². The zero-order chi connectivity index (χ0) is 16.2. The molecule has 0 aromatic carbocycles. The second kappa shape index (κ2) is 8.45. The Morgan fingerprint density at radius 2 is 1.70 bits per heavy atom. The molecule has 0 amide bonds. The average Bonchev–Trinajstić information content (AvgIpc) is 2.95. The summed E-state index contributed by atoms with van der Waals surface area (Å²) >= 11 is 2.39. The van der Waals surface area contributed by atoms with Crippen LogP contribution in [0.3, 0.4) is 0 Å². The van der Waals surface area contributed by atoms with Gasteiger partial charge in [-0.25, -0.2) is 0 Å². The molecule has 0 radical (unpaired) electrons. The second-order valence-corrected chi connectivity index (χ2v) is 10.0. The van der Waals surface area contributed by atoms with Crippen LogP contribution in [0.2, 0.25) is 0 Å². The third kappa shape index (κ3) is 4.02. The summed E-state index contributed by atoms with van der Waals surface area (Å²) in [5.41, 5.74) is 0. The van der Waals surface area contributed by atoms with Crippen molar-refractivity contribution in [2.24, 2.45) is 35.5 Å². The molecule has 0 N–H and O–H groups in total. The maximum atomic E-state index is 3.92. The maximum Gasteiger partial charge on any atom is 0.0109 e. The van der Waals surface area contributed by atoms with Crippen LogP contribution < -0.4 is 0 Å². The first-order valence-corrected chi connectivity index (χ1v) is 11.5. The third-order valence-corrected chi connectivity index (χ3v) is 9.22. The summed E-state index contributed by atoms with van der Waals surface area (Å²) in [5, 5.41) is 1.01. The molecule has 1 saturated heterocycles. The lowest BCUT2D eigenvalue weighted by molar-refractivity contribution is 0.0895. The van der Waals surface area contributed by atoms with Gasteiger partial charge in [0, 0.05) is 5.25 Å². The van der Waals surface area contributed by atoms with Gasteiger partial charge in [-0.1, -0.05) is 58.4 Å². The number of hydrogen-bond donors (Lipinski definition) is 0. The lowest BCUT2D eigenvalue weighted by Crippen LogP contribution is -2.39. The summed E-state index contributed by atoms with van der Waals surface area (Å²) in [6.45, 7) is 9.01. The van der Waals surface area contributed by atoms with E-state index >= 15 is 0 Å². The molecule has 1 aliphatic heterocycles. The Labute approximate surface area is 149 Å². The van der Waals surface area contributed by atoms with Gasteiger partial charge in [0.15, 0.2) is 0 Å². The van der Waals surface area contributed by atoms with E-state index in [2.05, 4.69) is 38.3 Å². The van der Waals surface area contributed by atoms with Crippen LogP contribution >= 0.6 is 11.8 Å². The first-order chi connectivity index (χ1) is 11.2. The molecule has 3 rings (SSSR count). The topological polar surface area (TPSA) is 0 Å². The Bertz CT molecular complexity index is 366. The van der Waals surface area contributed by atoms with Gasteiger partial charge in [0.05, 0.1) is 0 Å². The lowest BCUT2D eigenvalue weighted by atomic mass is 9.62. The van der Waals surface area contributed by atoms with Crippen molar-refractivity contribution in [3.8, 4) is 0 Å². The highest BCUT2D eigenvalue weighted by Crippen LogP contribution is 2.55. The first kappa shape index (κ1) is 17.9. The molecule has 23 heavy (non-hydrogen) atoms. The van der Waals surface area contributed by atoms with Gasteiger partial charge < -0.3 is 0 Å². The largest absolute Gasteiger partial charge is 0.158 e. The SMILES string of the molecule is C=CCCC(C)C(C)C1CSC(C2CCCCC2)C1C1CCC1. The standard InChI is InChI=1S/C22H38S/c1-4-5-10-16(2)17(3)20-15-23-22(19-11-7-6-8-12-19)21(20)18-13-9-14-18/h4,16-22H,1,5-15H2,2-3H3. The Balaban J connectivity index is 1.67. The van der Waals surface area contributed by atoms with E-state index < -0.39 is 0 Å². The average molecular weight is 335 g/mol. The summed E-state index contributed by atoms with van der Waals surface area (Å²) < 4.78 is 0. The summed E-state index contributed by atoms with van der Waals surface area (Å²) in [6.07, 6.45) is 16.8. The summed E-state index contributed by atoms with van der Waals surface area (Å²) in [6, 6.07) is 0. The van der Waals surface area contributed by atoms with Crippen molar-refractivity contribution < 1.29 is 0 Å². The van der Waals surface area contributed by atoms with Crippen molar-refractivity contribution >= 4 is 11.8 Å². The fourth-order valence-corrected chi connectivity index (χ4v) is 7.77. The van der Waals surface area contributed by atoms with Gasteiger partial charge in [-0.2, -0.15) is 11.8 Å². The molecule has 1 heteroatoms. The van der Waals surface area contributed by atoms with E-state index in [1.165, 1.54) is 57.1 Å². The normalized spacial score (nSPS) is 35.7. The van der Waals surface area contributed by atoms with Crippen LogP contribution in [-0.4, -0.2) is 11.0 Å². The van der Waals surface area contributed by atoms with Crippen LogP contribution in [0.25, 0.3) is 0 Å². The van der Waals surface area contributed by atoms with Gasteiger partial charge in [-0.05, 0) is 66.9 Å². The molecule has 2 saturated carbocycles. The van der Waals surface area contributed by atoms with Crippen LogP contribution in [0.15, 0.2) is 12.7 Å². The predicted octanol–water partition coefficient (Wildman–Crippen LogP) is 6.95. The smallest absolute Gasteiger partial charge is 0.0109 e. The molecule has 3 fully saturated rings.